The highest BCUT2D eigenvalue weighted by atomic mass is 15.4. The summed E-state index contributed by atoms with van der Waals surface area (Å²) >= 11 is 0. The first kappa shape index (κ1) is 21.3. The summed E-state index contributed by atoms with van der Waals surface area (Å²) in [7, 11) is 0. The van der Waals surface area contributed by atoms with Gasteiger partial charge in [-0.15, -0.1) is 0 Å². The zero-order valence-corrected chi connectivity index (χ0v) is 19.8. The number of aromatic nitrogens is 3. The topological polar surface area (TPSA) is 51.6 Å². The molecule has 0 aliphatic carbocycles. The van der Waals surface area contributed by atoms with Gasteiger partial charge in [-0.2, -0.15) is 15.0 Å². The van der Waals surface area contributed by atoms with Crippen LogP contribution in [0.5, 0.6) is 0 Å². The van der Waals surface area contributed by atoms with Gasteiger partial charge in [-0.1, -0.05) is 17.7 Å². The number of piperazine rings is 1. The molecule has 0 N–H and O–H groups in total. The fraction of sp³-hybridized carbons (Fsp3) is 0.640. The summed E-state index contributed by atoms with van der Waals surface area (Å²) in [6, 6.07) is 6.77. The molecule has 32 heavy (non-hydrogen) atoms. The standard InChI is InChI=1S/C25H37N7/c1-20-9-10-22(21(2)19-20)29-15-17-32(18-16-29)25-27-23(30-11-5-3-6-12-30)26-24(28-25)31-13-7-4-8-14-31/h9-10,19H,3-8,11-18H2,1-2H3. The second-order valence-electron chi connectivity index (χ2n) is 9.59. The smallest absolute Gasteiger partial charge is 0.232 e. The van der Waals surface area contributed by atoms with Gasteiger partial charge in [0.1, 0.15) is 0 Å². The average molecular weight is 436 g/mol. The fourth-order valence-electron chi connectivity index (χ4n) is 5.26. The van der Waals surface area contributed by atoms with E-state index in [1.165, 1.54) is 55.3 Å². The molecule has 0 amide bonds. The lowest BCUT2D eigenvalue weighted by atomic mass is 10.1. The number of benzene rings is 1. The lowest BCUT2D eigenvalue weighted by Gasteiger charge is -2.37. The third-order valence-corrected chi connectivity index (χ3v) is 7.13. The highest BCUT2D eigenvalue weighted by Gasteiger charge is 2.25. The van der Waals surface area contributed by atoms with Crippen LogP contribution < -0.4 is 19.6 Å². The van der Waals surface area contributed by atoms with Crippen LogP contribution in [0, 0.1) is 13.8 Å². The molecule has 5 rings (SSSR count). The van der Waals surface area contributed by atoms with Crippen molar-refractivity contribution in [1.82, 2.24) is 15.0 Å². The Kier molecular flexibility index (Phi) is 6.32. The minimum absolute atomic E-state index is 0.862. The molecule has 1 aromatic heterocycles. The number of piperidine rings is 2. The molecule has 3 saturated heterocycles. The van der Waals surface area contributed by atoms with E-state index in [-0.39, 0.29) is 0 Å². The van der Waals surface area contributed by atoms with E-state index in [1.54, 1.807) is 0 Å². The van der Waals surface area contributed by atoms with Crippen LogP contribution >= 0.6 is 0 Å². The van der Waals surface area contributed by atoms with Gasteiger partial charge < -0.3 is 19.6 Å². The van der Waals surface area contributed by atoms with Gasteiger partial charge in [-0.05, 0) is 64.0 Å². The van der Waals surface area contributed by atoms with Crippen LogP contribution in [0.4, 0.5) is 23.5 Å². The van der Waals surface area contributed by atoms with Crippen molar-refractivity contribution in [2.75, 3.05) is 72.0 Å². The van der Waals surface area contributed by atoms with Gasteiger partial charge >= 0.3 is 0 Å². The number of anilines is 4. The van der Waals surface area contributed by atoms with Crippen LogP contribution in [0.3, 0.4) is 0 Å². The predicted molar refractivity (Wildman–Crippen MR) is 132 cm³/mol. The highest BCUT2D eigenvalue weighted by molar-refractivity contribution is 5.56. The molecule has 0 radical (unpaired) electrons. The monoisotopic (exact) mass is 435 g/mol. The van der Waals surface area contributed by atoms with E-state index in [1.807, 2.05) is 0 Å². The summed E-state index contributed by atoms with van der Waals surface area (Å²) in [5.74, 6) is 2.63. The van der Waals surface area contributed by atoms with E-state index < -0.39 is 0 Å². The lowest BCUT2D eigenvalue weighted by molar-refractivity contribution is 0.553. The van der Waals surface area contributed by atoms with E-state index in [9.17, 15) is 0 Å². The summed E-state index contributed by atoms with van der Waals surface area (Å²) in [5, 5.41) is 0. The Bertz CT molecular complexity index is 874. The fourth-order valence-corrected chi connectivity index (χ4v) is 5.26. The summed E-state index contributed by atoms with van der Waals surface area (Å²) < 4.78 is 0. The number of rotatable bonds is 4. The van der Waals surface area contributed by atoms with Gasteiger partial charge in [0, 0.05) is 58.0 Å². The van der Waals surface area contributed by atoms with Gasteiger partial charge in [0.15, 0.2) is 0 Å². The number of hydrogen-bond donors (Lipinski definition) is 0. The molecule has 4 heterocycles. The van der Waals surface area contributed by atoms with Gasteiger partial charge in [-0.3, -0.25) is 0 Å². The Morgan fingerprint density at radius 2 is 0.969 bits per heavy atom. The molecule has 3 fully saturated rings. The van der Waals surface area contributed by atoms with Crippen molar-refractivity contribution in [2.45, 2.75) is 52.4 Å². The summed E-state index contributed by atoms with van der Waals surface area (Å²) in [6.45, 7) is 12.5. The first-order valence-electron chi connectivity index (χ1n) is 12.5. The molecule has 0 unspecified atom stereocenters. The lowest BCUT2D eigenvalue weighted by Crippen LogP contribution is -2.47. The van der Waals surface area contributed by atoms with Crippen LogP contribution in [0.25, 0.3) is 0 Å². The van der Waals surface area contributed by atoms with Crippen molar-refractivity contribution < 1.29 is 0 Å². The third kappa shape index (κ3) is 4.62. The Morgan fingerprint density at radius 3 is 1.44 bits per heavy atom. The minimum Gasteiger partial charge on any atom is -0.368 e. The van der Waals surface area contributed by atoms with Crippen LogP contribution in [0.15, 0.2) is 18.2 Å². The zero-order chi connectivity index (χ0) is 21.9. The van der Waals surface area contributed by atoms with E-state index in [2.05, 4.69) is 51.6 Å². The van der Waals surface area contributed by atoms with Crippen molar-refractivity contribution >= 4 is 23.5 Å². The largest absolute Gasteiger partial charge is 0.368 e. The summed E-state index contributed by atoms with van der Waals surface area (Å²) in [6.07, 6.45) is 7.55. The zero-order valence-electron chi connectivity index (χ0n) is 19.8. The molecule has 7 nitrogen and oxygen atoms in total. The second kappa shape index (κ2) is 9.51. The number of nitrogens with zero attached hydrogens (tertiary/aromatic N) is 7. The third-order valence-electron chi connectivity index (χ3n) is 7.13. The van der Waals surface area contributed by atoms with Crippen LogP contribution in [-0.4, -0.2) is 67.3 Å². The van der Waals surface area contributed by atoms with Crippen LogP contribution in [-0.2, 0) is 0 Å². The highest BCUT2D eigenvalue weighted by Crippen LogP contribution is 2.26. The maximum Gasteiger partial charge on any atom is 0.232 e. The molecule has 172 valence electrons. The normalized spacial score (nSPS) is 20.1. The molecular weight excluding hydrogens is 398 g/mol. The summed E-state index contributed by atoms with van der Waals surface area (Å²) in [5.41, 5.74) is 4.04. The molecule has 3 aliphatic rings. The van der Waals surface area contributed by atoms with Crippen molar-refractivity contribution in [3.63, 3.8) is 0 Å². The predicted octanol–water partition coefficient (Wildman–Crippen LogP) is 3.80. The SMILES string of the molecule is Cc1ccc(N2CCN(c3nc(N4CCCCC4)nc(N4CCCCC4)n3)CC2)c(C)c1. The Balaban J connectivity index is 1.36. The van der Waals surface area contributed by atoms with Crippen molar-refractivity contribution in [1.29, 1.82) is 0 Å². The van der Waals surface area contributed by atoms with Crippen molar-refractivity contribution in [2.24, 2.45) is 0 Å². The minimum atomic E-state index is 0.862. The van der Waals surface area contributed by atoms with Gasteiger partial charge in [0.25, 0.3) is 0 Å². The molecule has 0 spiro atoms. The van der Waals surface area contributed by atoms with Crippen molar-refractivity contribution in [3.8, 4) is 0 Å². The maximum absolute atomic E-state index is 4.99. The van der Waals surface area contributed by atoms with E-state index in [0.29, 0.717) is 0 Å². The summed E-state index contributed by atoms with van der Waals surface area (Å²) in [4.78, 5) is 24.5. The quantitative estimate of drug-likeness (QED) is 0.724. The Morgan fingerprint density at radius 1 is 0.531 bits per heavy atom. The molecular formula is C25H37N7. The van der Waals surface area contributed by atoms with Gasteiger partial charge in [0.2, 0.25) is 17.8 Å². The average Bonchev–Trinajstić information content (AvgIpc) is 2.85. The molecule has 3 aliphatic heterocycles. The first-order valence-corrected chi connectivity index (χ1v) is 12.5. The van der Waals surface area contributed by atoms with E-state index in [4.69, 9.17) is 15.0 Å². The molecule has 7 heteroatoms. The van der Waals surface area contributed by atoms with E-state index >= 15 is 0 Å². The number of hydrogen-bond acceptors (Lipinski definition) is 7. The van der Waals surface area contributed by atoms with Crippen LogP contribution in [0.1, 0.15) is 49.7 Å². The Labute approximate surface area is 192 Å². The molecule has 0 atom stereocenters. The Hall–Kier alpha value is -2.57. The van der Waals surface area contributed by atoms with Crippen molar-refractivity contribution in [3.05, 3.63) is 29.3 Å². The molecule has 2 aromatic rings. The molecule has 0 bridgehead atoms. The van der Waals surface area contributed by atoms with Gasteiger partial charge in [-0.25, -0.2) is 0 Å². The molecule has 1 aromatic carbocycles. The van der Waals surface area contributed by atoms with Gasteiger partial charge in [0.05, 0.1) is 0 Å². The first-order chi connectivity index (χ1) is 15.7. The molecule has 0 saturated carbocycles. The van der Waals surface area contributed by atoms with Crippen LogP contribution in [0.2, 0.25) is 0 Å². The maximum atomic E-state index is 4.99. The van der Waals surface area contributed by atoms with E-state index in [0.717, 1.165) is 70.2 Å². The number of aryl methyl sites for hydroxylation is 2. The second-order valence-corrected chi connectivity index (χ2v) is 9.59.